The minimum absolute atomic E-state index is 0.119. The highest BCUT2D eigenvalue weighted by atomic mass is 19.1. The zero-order valence-electron chi connectivity index (χ0n) is 9.97. The molecule has 2 N–H and O–H groups in total. The van der Waals surface area contributed by atoms with E-state index in [1.807, 2.05) is 0 Å². The van der Waals surface area contributed by atoms with E-state index in [0.717, 1.165) is 0 Å². The van der Waals surface area contributed by atoms with E-state index in [0.29, 0.717) is 11.4 Å². The number of carbonyl (C=O) groups is 1. The van der Waals surface area contributed by atoms with Crippen LogP contribution in [0.3, 0.4) is 0 Å². The maximum atomic E-state index is 12.9. The number of aromatic hydroxyl groups is 1. The molecule has 0 saturated heterocycles. The average molecular weight is 261 g/mol. The van der Waals surface area contributed by atoms with Crippen molar-refractivity contribution >= 4 is 11.6 Å². The Morgan fingerprint density at radius 2 is 1.95 bits per heavy atom. The third-order valence-corrected chi connectivity index (χ3v) is 2.32. The molecule has 5 heteroatoms. The van der Waals surface area contributed by atoms with Crippen LogP contribution in [-0.2, 0) is 4.79 Å². The molecular weight excluding hydrogens is 249 g/mol. The van der Waals surface area contributed by atoms with Crippen molar-refractivity contribution in [2.24, 2.45) is 0 Å². The van der Waals surface area contributed by atoms with Crippen LogP contribution < -0.4 is 10.1 Å². The number of phenols is 1. The number of amides is 1. The topological polar surface area (TPSA) is 58.6 Å². The molecule has 0 aliphatic carbocycles. The smallest absolute Gasteiger partial charge is 0.262 e. The lowest BCUT2D eigenvalue weighted by Crippen LogP contribution is -2.20. The maximum absolute atomic E-state index is 12.9. The zero-order chi connectivity index (χ0) is 13.7. The standard InChI is InChI=1S/C14H12FNO3/c15-10-2-1-3-13(8-10)19-9-14(18)16-11-4-6-12(17)7-5-11/h1-8,17H,9H2,(H,16,18). The van der Waals surface area contributed by atoms with Gasteiger partial charge in [-0.1, -0.05) is 6.07 Å². The Labute approximate surface area is 109 Å². The summed E-state index contributed by atoms with van der Waals surface area (Å²) in [6.07, 6.45) is 0. The largest absolute Gasteiger partial charge is 0.508 e. The van der Waals surface area contributed by atoms with Crippen LogP contribution in [-0.4, -0.2) is 17.6 Å². The molecule has 2 aromatic carbocycles. The van der Waals surface area contributed by atoms with E-state index >= 15 is 0 Å². The number of hydrogen-bond donors (Lipinski definition) is 2. The Bertz CT molecular complexity index is 569. The second-order valence-electron chi connectivity index (χ2n) is 3.84. The molecule has 98 valence electrons. The van der Waals surface area contributed by atoms with Gasteiger partial charge in [0.05, 0.1) is 0 Å². The highest BCUT2D eigenvalue weighted by molar-refractivity contribution is 5.91. The van der Waals surface area contributed by atoms with Gasteiger partial charge in [0.15, 0.2) is 6.61 Å². The van der Waals surface area contributed by atoms with E-state index in [1.165, 1.54) is 30.3 Å². The fourth-order valence-corrected chi connectivity index (χ4v) is 1.45. The van der Waals surface area contributed by atoms with Gasteiger partial charge < -0.3 is 15.2 Å². The number of carbonyl (C=O) groups excluding carboxylic acids is 1. The van der Waals surface area contributed by atoms with E-state index in [2.05, 4.69) is 5.32 Å². The van der Waals surface area contributed by atoms with Crippen LogP contribution in [0.5, 0.6) is 11.5 Å². The lowest BCUT2D eigenvalue weighted by molar-refractivity contribution is -0.118. The molecule has 0 aliphatic heterocycles. The summed E-state index contributed by atoms with van der Waals surface area (Å²) in [6, 6.07) is 11.6. The molecule has 0 bridgehead atoms. The monoisotopic (exact) mass is 261 g/mol. The lowest BCUT2D eigenvalue weighted by atomic mass is 10.3. The van der Waals surface area contributed by atoms with Crippen LogP contribution in [0.4, 0.5) is 10.1 Å². The van der Waals surface area contributed by atoms with Gasteiger partial charge in [-0.3, -0.25) is 4.79 Å². The number of rotatable bonds is 4. The molecule has 0 saturated carbocycles. The number of phenolic OH excluding ortho intramolecular Hbond substituents is 1. The Hall–Kier alpha value is -2.56. The van der Waals surface area contributed by atoms with Gasteiger partial charge in [0.25, 0.3) is 5.91 Å². The van der Waals surface area contributed by atoms with Crippen molar-refractivity contribution < 1.29 is 19.0 Å². The van der Waals surface area contributed by atoms with Crippen LogP contribution in [0, 0.1) is 5.82 Å². The quantitative estimate of drug-likeness (QED) is 0.831. The van der Waals surface area contributed by atoms with Crippen molar-refractivity contribution in [3.8, 4) is 11.5 Å². The minimum Gasteiger partial charge on any atom is -0.508 e. The van der Waals surface area contributed by atoms with E-state index in [1.54, 1.807) is 18.2 Å². The first kappa shape index (κ1) is 12.9. The van der Waals surface area contributed by atoms with Crippen LogP contribution in [0.2, 0.25) is 0 Å². The molecular formula is C14H12FNO3. The van der Waals surface area contributed by atoms with Crippen molar-refractivity contribution in [2.45, 2.75) is 0 Å². The number of benzene rings is 2. The van der Waals surface area contributed by atoms with Crippen molar-refractivity contribution in [1.82, 2.24) is 0 Å². The summed E-state index contributed by atoms with van der Waals surface area (Å²) < 4.78 is 18.0. The summed E-state index contributed by atoms with van der Waals surface area (Å²) in [5, 5.41) is 11.7. The number of halogens is 1. The lowest BCUT2D eigenvalue weighted by Gasteiger charge is -2.07. The molecule has 0 aliphatic rings. The first-order valence-electron chi connectivity index (χ1n) is 5.61. The number of hydrogen-bond acceptors (Lipinski definition) is 3. The normalized spacial score (nSPS) is 9.95. The number of nitrogens with one attached hydrogen (secondary N) is 1. The third kappa shape index (κ3) is 3.99. The molecule has 1 amide bonds. The predicted octanol–water partition coefficient (Wildman–Crippen LogP) is 2.55. The van der Waals surface area contributed by atoms with Gasteiger partial charge in [-0.2, -0.15) is 0 Å². The minimum atomic E-state index is -0.420. The van der Waals surface area contributed by atoms with Gasteiger partial charge in [0.1, 0.15) is 17.3 Å². The van der Waals surface area contributed by atoms with E-state index in [9.17, 15) is 9.18 Å². The fraction of sp³-hybridized carbons (Fsp3) is 0.0714. The van der Waals surface area contributed by atoms with Crippen molar-refractivity contribution in [3.63, 3.8) is 0 Å². The average Bonchev–Trinajstić information content (AvgIpc) is 2.39. The molecule has 0 unspecified atom stereocenters. The molecule has 0 aromatic heterocycles. The molecule has 0 spiro atoms. The first-order chi connectivity index (χ1) is 9.13. The van der Waals surface area contributed by atoms with Gasteiger partial charge in [0.2, 0.25) is 0 Å². The summed E-state index contributed by atoms with van der Waals surface area (Å²) >= 11 is 0. The molecule has 0 heterocycles. The van der Waals surface area contributed by atoms with E-state index in [4.69, 9.17) is 9.84 Å². The summed E-state index contributed by atoms with van der Waals surface area (Å²) in [4.78, 5) is 11.6. The highest BCUT2D eigenvalue weighted by Crippen LogP contribution is 2.14. The maximum Gasteiger partial charge on any atom is 0.262 e. The molecule has 2 rings (SSSR count). The van der Waals surface area contributed by atoms with E-state index < -0.39 is 5.82 Å². The number of ether oxygens (including phenoxy) is 1. The fourth-order valence-electron chi connectivity index (χ4n) is 1.45. The Morgan fingerprint density at radius 1 is 1.21 bits per heavy atom. The molecule has 4 nitrogen and oxygen atoms in total. The Kier molecular flexibility index (Phi) is 3.97. The van der Waals surface area contributed by atoms with Gasteiger partial charge in [-0.25, -0.2) is 4.39 Å². The summed E-state index contributed by atoms with van der Waals surface area (Å²) in [7, 11) is 0. The first-order valence-corrected chi connectivity index (χ1v) is 5.61. The SMILES string of the molecule is O=C(COc1cccc(F)c1)Nc1ccc(O)cc1. The summed E-state index contributed by atoms with van der Waals surface area (Å²) in [6.45, 7) is -0.218. The van der Waals surface area contributed by atoms with Crippen molar-refractivity contribution in [2.75, 3.05) is 11.9 Å². The van der Waals surface area contributed by atoms with Crippen LogP contribution >= 0.6 is 0 Å². The highest BCUT2D eigenvalue weighted by Gasteiger charge is 2.04. The van der Waals surface area contributed by atoms with Crippen LogP contribution in [0.25, 0.3) is 0 Å². The van der Waals surface area contributed by atoms with Crippen molar-refractivity contribution in [1.29, 1.82) is 0 Å². The van der Waals surface area contributed by atoms with Gasteiger partial charge in [0, 0.05) is 11.8 Å². The molecule has 2 aromatic rings. The van der Waals surface area contributed by atoms with Crippen molar-refractivity contribution in [3.05, 3.63) is 54.3 Å². The van der Waals surface area contributed by atoms with Gasteiger partial charge >= 0.3 is 0 Å². The van der Waals surface area contributed by atoms with Crippen LogP contribution in [0.15, 0.2) is 48.5 Å². The van der Waals surface area contributed by atoms with E-state index in [-0.39, 0.29) is 18.3 Å². The Balaban J connectivity index is 1.86. The number of anilines is 1. The molecule has 0 fully saturated rings. The predicted molar refractivity (Wildman–Crippen MR) is 68.6 cm³/mol. The zero-order valence-corrected chi connectivity index (χ0v) is 9.97. The van der Waals surface area contributed by atoms with Crippen LogP contribution in [0.1, 0.15) is 0 Å². The molecule has 19 heavy (non-hydrogen) atoms. The molecule has 0 radical (unpaired) electrons. The second-order valence-corrected chi connectivity index (χ2v) is 3.84. The summed E-state index contributed by atoms with van der Waals surface area (Å²) in [5.74, 6) is -0.374. The van der Waals surface area contributed by atoms with Gasteiger partial charge in [-0.05, 0) is 36.4 Å². The van der Waals surface area contributed by atoms with Gasteiger partial charge in [-0.15, -0.1) is 0 Å². The third-order valence-electron chi connectivity index (χ3n) is 2.32. The summed E-state index contributed by atoms with van der Waals surface area (Å²) in [5.41, 5.74) is 0.547. The molecule has 0 atom stereocenters. The Morgan fingerprint density at radius 3 is 2.63 bits per heavy atom. The second kappa shape index (κ2) is 5.86.